The van der Waals surface area contributed by atoms with Gasteiger partial charge in [-0.25, -0.2) is 0 Å². The molecule has 1 unspecified atom stereocenters. The van der Waals surface area contributed by atoms with Gasteiger partial charge >= 0.3 is 0 Å². The summed E-state index contributed by atoms with van der Waals surface area (Å²) in [6.45, 7) is 4.42. The van der Waals surface area contributed by atoms with Crippen LogP contribution in [0.4, 0.5) is 0 Å². The summed E-state index contributed by atoms with van der Waals surface area (Å²) >= 11 is 5.53. The summed E-state index contributed by atoms with van der Waals surface area (Å²) in [6, 6.07) is 13.0. The van der Waals surface area contributed by atoms with Crippen LogP contribution in [0.25, 0.3) is 0 Å². The molecule has 0 radical (unpaired) electrons. The molecule has 1 aromatic carbocycles. The average Bonchev–Trinajstić information content (AvgIpc) is 2.94. The zero-order valence-corrected chi connectivity index (χ0v) is 14.3. The van der Waals surface area contributed by atoms with Gasteiger partial charge < -0.3 is 5.32 Å². The van der Waals surface area contributed by atoms with Crippen molar-refractivity contribution >= 4 is 27.3 Å². The van der Waals surface area contributed by atoms with Gasteiger partial charge in [-0.1, -0.05) is 47.1 Å². The van der Waals surface area contributed by atoms with Crippen molar-refractivity contribution in [2.75, 3.05) is 13.1 Å². The maximum Gasteiger partial charge on any atom is 0.0207 e. The van der Waals surface area contributed by atoms with Crippen molar-refractivity contribution < 1.29 is 0 Å². The highest BCUT2D eigenvalue weighted by atomic mass is 79.9. The maximum absolute atomic E-state index is 3.67. The average molecular weight is 352 g/mol. The highest BCUT2D eigenvalue weighted by molar-refractivity contribution is 9.10. The Labute approximate surface area is 134 Å². The molecule has 108 valence electrons. The van der Waals surface area contributed by atoms with Crippen LogP contribution in [0.5, 0.6) is 0 Å². The van der Waals surface area contributed by atoms with Crippen LogP contribution in [-0.4, -0.2) is 13.1 Å². The lowest BCUT2D eigenvalue weighted by molar-refractivity contribution is 0.473. The highest BCUT2D eigenvalue weighted by Crippen LogP contribution is 2.22. The molecule has 0 amide bonds. The molecule has 1 aromatic heterocycles. The van der Waals surface area contributed by atoms with E-state index in [4.69, 9.17) is 0 Å². The van der Waals surface area contributed by atoms with Crippen molar-refractivity contribution in [3.63, 3.8) is 0 Å². The molecule has 1 heterocycles. The van der Waals surface area contributed by atoms with Gasteiger partial charge in [-0.3, -0.25) is 0 Å². The van der Waals surface area contributed by atoms with Gasteiger partial charge in [0.1, 0.15) is 0 Å². The van der Waals surface area contributed by atoms with Gasteiger partial charge in [-0.05, 0) is 61.3 Å². The Hall–Kier alpha value is -0.640. The second-order valence-electron chi connectivity index (χ2n) is 5.15. The van der Waals surface area contributed by atoms with Crippen molar-refractivity contribution in [1.29, 1.82) is 0 Å². The van der Waals surface area contributed by atoms with Crippen LogP contribution in [0.15, 0.2) is 46.3 Å². The third-order valence-corrected chi connectivity index (χ3v) is 5.07. The maximum atomic E-state index is 3.67. The van der Waals surface area contributed by atoms with Crippen molar-refractivity contribution in [3.8, 4) is 0 Å². The van der Waals surface area contributed by atoms with Gasteiger partial charge in [0.25, 0.3) is 0 Å². The number of hydrogen-bond acceptors (Lipinski definition) is 2. The van der Waals surface area contributed by atoms with E-state index in [2.05, 4.69) is 69.9 Å². The first-order valence-electron chi connectivity index (χ1n) is 7.26. The lowest BCUT2D eigenvalue weighted by Crippen LogP contribution is -2.26. The molecule has 0 saturated heterocycles. The zero-order chi connectivity index (χ0) is 14.2. The third-order valence-electron chi connectivity index (χ3n) is 3.40. The molecule has 2 aromatic rings. The molecule has 1 nitrogen and oxygen atoms in total. The first-order chi connectivity index (χ1) is 9.79. The largest absolute Gasteiger partial charge is 0.316 e. The van der Waals surface area contributed by atoms with E-state index in [-0.39, 0.29) is 0 Å². The fraction of sp³-hybridized carbons (Fsp3) is 0.412. The van der Waals surface area contributed by atoms with Crippen molar-refractivity contribution in [2.45, 2.75) is 26.2 Å². The minimum atomic E-state index is 0.652. The zero-order valence-electron chi connectivity index (χ0n) is 11.9. The Morgan fingerprint density at radius 2 is 2.00 bits per heavy atom. The summed E-state index contributed by atoms with van der Waals surface area (Å²) in [5.74, 6) is 0.652. The molecule has 3 heteroatoms. The summed E-state index contributed by atoms with van der Waals surface area (Å²) in [7, 11) is 0. The van der Waals surface area contributed by atoms with Crippen molar-refractivity contribution in [2.24, 2.45) is 5.92 Å². The van der Waals surface area contributed by atoms with Crippen LogP contribution in [0.2, 0.25) is 0 Å². The number of nitrogens with one attached hydrogen (secondary N) is 1. The summed E-state index contributed by atoms with van der Waals surface area (Å²) in [5, 5.41) is 5.75. The van der Waals surface area contributed by atoms with E-state index in [0.29, 0.717) is 5.92 Å². The molecular weight excluding hydrogens is 330 g/mol. The highest BCUT2D eigenvalue weighted by Gasteiger charge is 2.12. The predicted molar refractivity (Wildman–Crippen MR) is 92.5 cm³/mol. The predicted octanol–water partition coefficient (Wildman–Crippen LogP) is 4.91. The Kier molecular flexibility index (Phi) is 6.77. The number of halogens is 1. The molecule has 2 rings (SSSR count). The van der Waals surface area contributed by atoms with E-state index in [1.165, 1.54) is 21.3 Å². The first kappa shape index (κ1) is 15.7. The minimum Gasteiger partial charge on any atom is -0.316 e. The number of benzene rings is 1. The Morgan fingerprint density at radius 3 is 2.70 bits per heavy atom. The van der Waals surface area contributed by atoms with E-state index in [9.17, 15) is 0 Å². The smallest absolute Gasteiger partial charge is 0.0207 e. The van der Waals surface area contributed by atoms with Gasteiger partial charge in [0.05, 0.1) is 0 Å². The molecule has 0 aliphatic carbocycles. The van der Waals surface area contributed by atoms with Gasteiger partial charge in [-0.15, -0.1) is 11.3 Å². The van der Waals surface area contributed by atoms with E-state index in [1.54, 1.807) is 0 Å². The fourth-order valence-corrected chi connectivity index (χ4v) is 3.66. The molecule has 0 saturated carbocycles. The summed E-state index contributed by atoms with van der Waals surface area (Å²) in [4.78, 5) is 1.49. The Balaban J connectivity index is 1.99. The van der Waals surface area contributed by atoms with E-state index in [1.807, 2.05) is 11.3 Å². The molecule has 1 atom stereocenters. The van der Waals surface area contributed by atoms with E-state index < -0.39 is 0 Å². The second kappa shape index (κ2) is 8.60. The van der Waals surface area contributed by atoms with Crippen LogP contribution in [-0.2, 0) is 12.8 Å². The quantitative estimate of drug-likeness (QED) is 0.666. The standard InChI is InChI=1S/C17H22BrNS/c1-2-9-19-13-14(12-16-7-5-10-20-16)11-15-6-3-4-8-17(15)18/h3-8,10,14,19H,2,9,11-13H2,1H3. The minimum absolute atomic E-state index is 0.652. The SMILES string of the molecule is CCCNCC(Cc1cccs1)Cc1ccccc1Br. The number of hydrogen-bond donors (Lipinski definition) is 1. The van der Waals surface area contributed by atoms with Gasteiger partial charge in [0, 0.05) is 9.35 Å². The second-order valence-corrected chi connectivity index (χ2v) is 7.04. The topological polar surface area (TPSA) is 12.0 Å². The molecule has 0 spiro atoms. The molecule has 1 N–H and O–H groups in total. The Bertz CT molecular complexity index is 495. The van der Waals surface area contributed by atoms with Crippen LogP contribution in [0.3, 0.4) is 0 Å². The molecule has 0 aliphatic heterocycles. The molecule has 0 aliphatic rings. The lowest BCUT2D eigenvalue weighted by atomic mass is 9.95. The number of rotatable bonds is 8. The van der Waals surface area contributed by atoms with Crippen molar-refractivity contribution in [3.05, 3.63) is 56.7 Å². The van der Waals surface area contributed by atoms with Gasteiger partial charge in [0.2, 0.25) is 0 Å². The molecule has 0 fully saturated rings. The fourth-order valence-electron chi connectivity index (χ4n) is 2.39. The molecule has 20 heavy (non-hydrogen) atoms. The van der Waals surface area contributed by atoms with Crippen LogP contribution < -0.4 is 5.32 Å². The van der Waals surface area contributed by atoms with Crippen LogP contribution in [0.1, 0.15) is 23.8 Å². The molecule has 0 bridgehead atoms. The number of thiophene rings is 1. The van der Waals surface area contributed by atoms with Gasteiger partial charge in [-0.2, -0.15) is 0 Å². The summed E-state index contributed by atoms with van der Waals surface area (Å²) in [6.07, 6.45) is 3.48. The summed E-state index contributed by atoms with van der Waals surface area (Å²) < 4.78 is 1.23. The van der Waals surface area contributed by atoms with E-state index >= 15 is 0 Å². The van der Waals surface area contributed by atoms with Crippen molar-refractivity contribution in [1.82, 2.24) is 5.32 Å². The first-order valence-corrected chi connectivity index (χ1v) is 8.93. The van der Waals surface area contributed by atoms with Gasteiger partial charge in [0.15, 0.2) is 0 Å². The van der Waals surface area contributed by atoms with E-state index in [0.717, 1.165) is 25.9 Å². The van der Waals surface area contributed by atoms with Crippen LogP contribution in [0, 0.1) is 5.92 Å². The lowest BCUT2D eigenvalue weighted by Gasteiger charge is -2.18. The normalized spacial score (nSPS) is 12.5. The van der Waals surface area contributed by atoms with Crippen LogP contribution >= 0.6 is 27.3 Å². The molecular formula is C17H22BrNS. The summed E-state index contributed by atoms with van der Waals surface area (Å²) in [5.41, 5.74) is 1.41. The monoisotopic (exact) mass is 351 g/mol. The Morgan fingerprint density at radius 1 is 1.15 bits per heavy atom. The third kappa shape index (κ3) is 5.04.